The average molecular weight is 443 g/mol. The molecule has 6 nitrogen and oxygen atoms in total. The van der Waals surface area contributed by atoms with Crippen LogP contribution in [-0.4, -0.2) is 27.6 Å². The Morgan fingerprint density at radius 3 is 2.87 bits per heavy atom. The zero-order valence-electron chi connectivity index (χ0n) is 16.3. The second-order valence-corrected chi connectivity index (χ2v) is 8.10. The van der Waals surface area contributed by atoms with E-state index in [-0.39, 0.29) is 6.61 Å². The Labute approximate surface area is 182 Å². The molecule has 0 fully saturated rings. The highest BCUT2D eigenvalue weighted by Crippen LogP contribution is 2.39. The summed E-state index contributed by atoms with van der Waals surface area (Å²) in [4.78, 5) is 18.0. The molecule has 0 aliphatic carbocycles. The zero-order chi connectivity index (χ0) is 21.3. The molecule has 30 heavy (non-hydrogen) atoms. The van der Waals surface area contributed by atoms with E-state index in [2.05, 4.69) is 4.98 Å². The van der Waals surface area contributed by atoms with Crippen molar-refractivity contribution in [1.29, 1.82) is 0 Å². The summed E-state index contributed by atoms with van der Waals surface area (Å²) in [6.07, 6.45) is 3.26. The maximum Gasteiger partial charge on any atom is 0.351 e. The molecule has 0 bridgehead atoms. The molecule has 0 radical (unpaired) electrons. The minimum Gasteiger partial charge on any atom is -0.484 e. The number of aliphatic hydroxyl groups excluding tert-OH is 1. The lowest BCUT2D eigenvalue weighted by molar-refractivity contribution is 0.0600. The van der Waals surface area contributed by atoms with E-state index in [1.54, 1.807) is 18.3 Å². The number of aromatic nitrogens is 2. The van der Waals surface area contributed by atoms with Crippen LogP contribution in [-0.2, 0) is 11.3 Å². The van der Waals surface area contributed by atoms with E-state index in [1.807, 2.05) is 47.9 Å². The van der Waals surface area contributed by atoms with E-state index in [9.17, 15) is 9.90 Å². The van der Waals surface area contributed by atoms with Gasteiger partial charge in [-0.3, -0.25) is 4.40 Å². The van der Waals surface area contributed by atoms with Crippen LogP contribution in [0.15, 0.2) is 54.9 Å². The lowest BCUT2D eigenvalue weighted by Gasteiger charge is -2.17. The van der Waals surface area contributed by atoms with Gasteiger partial charge in [0.2, 0.25) is 0 Å². The molecular formula is C22H19ClN2O4S. The molecule has 1 aromatic carbocycles. The van der Waals surface area contributed by atoms with Crippen LogP contribution < -0.4 is 4.74 Å². The van der Waals surface area contributed by atoms with Gasteiger partial charge in [0.1, 0.15) is 17.5 Å². The number of carbonyl (C=O) groups excluding carboxylic acids is 1. The van der Waals surface area contributed by atoms with Gasteiger partial charge in [-0.15, -0.1) is 11.3 Å². The number of hydrogen-bond acceptors (Lipinski definition) is 6. The summed E-state index contributed by atoms with van der Waals surface area (Å²) in [5.41, 5.74) is 3.14. The quantitative estimate of drug-likeness (QED) is 0.419. The normalized spacial score (nSPS) is 12.1. The second-order valence-electron chi connectivity index (χ2n) is 6.64. The van der Waals surface area contributed by atoms with Gasteiger partial charge in [0.05, 0.1) is 30.5 Å². The van der Waals surface area contributed by atoms with Gasteiger partial charge in [0, 0.05) is 22.8 Å². The third kappa shape index (κ3) is 3.79. The van der Waals surface area contributed by atoms with Crippen LogP contribution in [0.5, 0.6) is 5.75 Å². The number of esters is 1. The van der Waals surface area contributed by atoms with Crippen molar-refractivity contribution in [3.8, 4) is 16.3 Å². The van der Waals surface area contributed by atoms with Crippen LogP contribution in [0.2, 0.25) is 5.02 Å². The number of fused-ring (bicyclic) bond motifs is 1. The van der Waals surface area contributed by atoms with E-state index >= 15 is 0 Å². The Bertz CT molecular complexity index is 1220. The summed E-state index contributed by atoms with van der Waals surface area (Å²) in [5.74, 6) is -0.0495. The van der Waals surface area contributed by atoms with Crippen LogP contribution in [0.4, 0.5) is 0 Å². The number of pyridine rings is 1. The number of imidazole rings is 1. The highest BCUT2D eigenvalue weighted by molar-refractivity contribution is 7.17. The van der Waals surface area contributed by atoms with Gasteiger partial charge in [-0.25, -0.2) is 9.78 Å². The molecule has 4 rings (SSSR count). The monoisotopic (exact) mass is 442 g/mol. The Balaban J connectivity index is 1.71. The van der Waals surface area contributed by atoms with E-state index in [1.165, 1.54) is 18.4 Å². The highest BCUT2D eigenvalue weighted by Gasteiger charge is 2.23. The number of thiophene rings is 1. The van der Waals surface area contributed by atoms with Crippen LogP contribution in [0.1, 0.15) is 33.8 Å². The number of hydrogen-bond donors (Lipinski definition) is 1. The predicted molar refractivity (Wildman–Crippen MR) is 116 cm³/mol. The fourth-order valence-corrected chi connectivity index (χ4v) is 4.56. The largest absolute Gasteiger partial charge is 0.484 e. The van der Waals surface area contributed by atoms with Crippen molar-refractivity contribution in [2.24, 2.45) is 0 Å². The molecule has 0 spiro atoms. The molecule has 0 saturated carbocycles. The third-order valence-electron chi connectivity index (χ3n) is 4.73. The molecule has 3 aromatic heterocycles. The lowest BCUT2D eigenvalue weighted by atomic mass is 10.1. The Morgan fingerprint density at radius 1 is 1.30 bits per heavy atom. The molecule has 0 saturated heterocycles. The van der Waals surface area contributed by atoms with Gasteiger partial charge in [-0.2, -0.15) is 0 Å². The third-order valence-corrected chi connectivity index (χ3v) is 6.17. The molecule has 154 valence electrons. The number of aliphatic hydroxyl groups is 1. The van der Waals surface area contributed by atoms with Gasteiger partial charge < -0.3 is 14.6 Å². The minimum absolute atomic E-state index is 0.0884. The smallest absolute Gasteiger partial charge is 0.351 e. The molecule has 0 unspecified atom stereocenters. The fraction of sp³-hybridized carbons (Fsp3) is 0.182. The maximum absolute atomic E-state index is 12.4. The van der Waals surface area contributed by atoms with E-state index in [0.29, 0.717) is 15.6 Å². The maximum atomic E-state index is 12.4. The van der Waals surface area contributed by atoms with Crippen LogP contribution in [0, 0.1) is 0 Å². The van der Waals surface area contributed by atoms with Crippen molar-refractivity contribution in [2.45, 2.75) is 19.6 Å². The highest BCUT2D eigenvalue weighted by atomic mass is 35.5. The number of rotatable bonds is 6. The van der Waals surface area contributed by atoms with Gasteiger partial charge in [0.25, 0.3) is 0 Å². The van der Waals surface area contributed by atoms with E-state index in [0.717, 1.165) is 27.3 Å². The van der Waals surface area contributed by atoms with Gasteiger partial charge >= 0.3 is 5.97 Å². The Morgan fingerprint density at radius 2 is 2.13 bits per heavy atom. The zero-order valence-corrected chi connectivity index (χ0v) is 17.9. The van der Waals surface area contributed by atoms with E-state index < -0.39 is 12.1 Å². The summed E-state index contributed by atoms with van der Waals surface area (Å²) in [5, 5.41) is 9.76. The molecule has 0 aliphatic rings. The first-order valence-corrected chi connectivity index (χ1v) is 10.4. The van der Waals surface area contributed by atoms with Crippen molar-refractivity contribution in [1.82, 2.24) is 9.38 Å². The first kappa shape index (κ1) is 20.4. The number of ether oxygens (including phenoxy) is 2. The summed E-state index contributed by atoms with van der Waals surface area (Å²) < 4.78 is 13.0. The molecular weight excluding hydrogens is 424 g/mol. The predicted octanol–water partition coefficient (Wildman–Crippen LogP) is 5.14. The Kier molecular flexibility index (Phi) is 5.76. The summed E-state index contributed by atoms with van der Waals surface area (Å²) in [6, 6.07) is 12.9. The van der Waals surface area contributed by atoms with Crippen LogP contribution in [0.25, 0.3) is 16.2 Å². The standard InChI is InChI=1S/C22H19ClN2O4S/c1-13(15-7-6-14(12-26)9-16(15)23)29-18-10-19(30-21(18)22(27)28-2)17-11-24-20-5-3-4-8-25(17)20/h3-11,13,26H,12H2,1-2H3/t13-/m1/s1. The number of methoxy groups -OCH3 is 1. The van der Waals surface area contributed by atoms with Crippen molar-refractivity contribution >= 4 is 34.6 Å². The minimum atomic E-state index is -0.469. The van der Waals surface area contributed by atoms with Gasteiger partial charge in [-0.05, 0) is 30.7 Å². The van der Waals surface area contributed by atoms with E-state index in [4.69, 9.17) is 21.1 Å². The Hall–Kier alpha value is -2.87. The van der Waals surface area contributed by atoms with Crippen molar-refractivity contribution < 1.29 is 19.4 Å². The summed E-state index contributed by atoms with van der Waals surface area (Å²) in [7, 11) is 1.34. The fourth-order valence-electron chi connectivity index (χ4n) is 3.19. The summed E-state index contributed by atoms with van der Waals surface area (Å²) >= 11 is 7.64. The van der Waals surface area contributed by atoms with Crippen molar-refractivity contribution in [2.75, 3.05) is 7.11 Å². The van der Waals surface area contributed by atoms with Gasteiger partial charge in [0.15, 0.2) is 4.88 Å². The molecule has 1 N–H and O–H groups in total. The number of nitrogens with zero attached hydrogens (tertiary/aromatic N) is 2. The lowest BCUT2D eigenvalue weighted by Crippen LogP contribution is -2.07. The van der Waals surface area contributed by atoms with Crippen LogP contribution in [0.3, 0.4) is 0 Å². The molecule has 0 aliphatic heterocycles. The van der Waals surface area contributed by atoms with Crippen molar-refractivity contribution in [3.05, 3.63) is 75.9 Å². The molecule has 4 aromatic rings. The number of halogens is 1. The van der Waals surface area contributed by atoms with Gasteiger partial charge in [-0.1, -0.05) is 29.8 Å². The van der Waals surface area contributed by atoms with Crippen LogP contribution >= 0.6 is 22.9 Å². The second kappa shape index (κ2) is 8.47. The van der Waals surface area contributed by atoms with Crippen molar-refractivity contribution in [3.63, 3.8) is 0 Å². The average Bonchev–Trinajstić information content (AvgIpc) is 3.37. The SMILES string of the molecule is COC(=O)c1sc(-c2cnc3ccccn23)cc1O[C@H](C)c1ccc(CO)cc1Cl. The molecule has 3 heterocycles. The summed E-state index contributed by atoms with van der Waals surface area (Å²) in [6.45, 7) is 1.77. The first-order chi connectivity index (χ1) is 14.5. The topological polar surface area (TPSA) is 73.1 Å². The molecule has 1 atom stereocenters. The number of benzene rings is 1. The first-order valence-electron chi connectivity index (χ1n) is 9.22. The molecule has 0 amide bonds. The number of carbonyl (C=O) groups is 1. The molecule has 8 heteroatoms.